The van der Waals surface area contributed by atoms with Crippen LogP contribution in [0.25, 0.3) is 0 Å². The lowest BCUT2D eigenvalue weighted by molar-refractivity contribution is -0.146. The van der Waals surface area contributed by atoms with Crippen molar-refractivity contribution in [2.75, 3.05) is 0 Å². The third kappa shape index (κ3) is 3.06. The van der Waals surface area contributed by atoms with E-state index in [2.05, 4.69) is 22.1 Å². The van der Waals surface area contributed by atoms with Gasteiger partial charge in [-0.05, 0) is 56.4 Å². The molecule has 26 heavy (non-hydrogen) atoms. The van der Waals surface area contributed by atoms with E-state index in [-0.39, 0.29) is 5.91 Å². The van der Waals surface area contributed by atoms with Gasteiger partial charge in [0.1, 0.15) is 11.6 Å². The summed E-state index contributed by atoms with van der Waals surface area (Å²) in [5.74, 6) is 1.58. The lowest BCUT2D eigenvalue weighted by atomic mass is 10.1. The smallest absolute Gasteiger partial charge is 0.266 e. The third-order valence-electron chi connectivity index (χ3n) is 5.27. The van der Waals surface area contributed by atoms with Crippen LogP contribution in [-0.4, -0.2) is 26.4 Å². The fraction of sp³-hybridized carbons (Fsp3) is 0.476. The van der Waals surface area contributed by atoms with Crippen molar-refractivity contribution < 1.29 is 9.53 Å². The van der Waals surface area contributed by atoms with Crippen molar-refractivity contribution in [1.29, 1.82) is 0 Å². The van der Waals surface area contributed by atoms with Crippen molar-refractivity contribution in [3.63, 3.8) is 0 Å². The molecule has 0 fully saturated rings. The van der Waals surface area contributed by atoms with E-state index in [4.69, 9.17) is 4.74 Å². The van der Waals surface area contributed by atoms with E-state index in [1.807, 2.05) is 37.9 Å². The first-order chi connectivity index (χ1) is 12.5. The molecule has 0 radical (unpaired) electrons. The Morgan fingerprint density at radius 1 is 1.19 bits per heavy atom. The molecule has 4 rings (SSSR count). The van der Waals surface area contributed by atoms with E-state index < -0.39 is 5.60 Å². The monoisotopic (exact) mass is 351 g/mol. The van der Waals surface area contributed by atoms with Crippen molar-refractivity contribution in [3.8, 4) is 5.75 Å². The number of carbonyl (C=O) groups is 1. The van der Waals surface area contributed by atoms with Crippen LogP contribution in [0.3, 0.4) is 0 Å². The second kappa shape index (κ2) is 6.38. The average molecular weight is 351 g/mol. The van der Waals surface area contributed by atoms with Crippen LogP contribution in [0, 0.1) is 0 Å². The van der Waals surface area contributed by atoms with Gasteiger partial charge < -0.3 is 9.64 Å². The number of rotatable bonds is 4. The van der Waals surface area contributed by atoms with Crippen LogP contribution in [0.2, 0.25) is 0 Å². The molecule has 1 amide bonds. The standard InChI is InChI=1S/C21H25N3O2/c1-4-19-22-11-16-12-24(13-18(16)23-19)20(25)21(2,3)26-17-9-8-14-6-5-7-15(14)10-17/h8-11H,4-7,12-13H2,1-3H3. The van der Waals surface area contributed by atoms with Gasteiger partial charge in [0.2, 0.25) is 0 Å². The number of aromatic nitrogens is 2. The maximum Gasteiger partial charge on any atom is 0.266 e. The Hall–Kier alpha value is -2.43. The van der Waals surface area contributed by atoms with Gasteiger partial charge in [0.25, 0.3) is 5.91 Å². The normalized spacial score (nSPS) is 15.7. The minimum atomic E-state index is -0.921. The van der Waals surface area contributed by atoms with Crippen LogP contribution in [0.15, 0.2) is 24.4 Å². The first-order valence-electron chi connectivity index (χ1n) is 9.40. The number of fused-ring (bicyclic) bond motifs is 2. The van der Waals surface area contributed by atoms with E-state index in [0.29, 0.717) is 13.1 Å². The molecule has 0 unspecified atom stereocenters. The zero-order chi connectivity index (χ0) is 18.3. The van der Waals surface area contributed by atoms with Crippen LogP contribution >= 0.6 is 0 Å². The predicted molar refractivity (Wildman–Crippen MR) is 98.8 cm³/mol. The largest absolute Gasteiger partial charge is 0.478 e. The van der Waals surface area contributed by atoms with Gasteiger partial charge in [-0.2, -0.15) is 0 Å². The SMILES string of the molecule is CCc1ncc2c(n1)CN(C(=O)C(C)(C)Oc1ccc3c(c1)CCC3)C2. The second-order valence-electron chi connectivity index (χ2n) is 7.67. The molecule has 2 aromatic rings. The molecular formula is C21H25N3O2. The van der Waals surface area contributed by atoms with Crippen LogP contribution in [0.1, 0.15) is 55.4 Å². The van der Waals surface area contributed by atoms with Crippen molar-refractivity contribution >= 4 is 5.91 Å². The molecule has 0 bridgehead atoms. The molecule has 5 heteroatoms. The Morgan fingerprint density at radius 3 is 2.81 bits per heavy atom. The molecule has 1 aliphatic heterocycles. The lowest BCUT2D eigenvalue weighted by Gasteiger charge is -2.30. The molecule has 2 aliphatic rings. The number of hydrogen-bond acceptors (Lipinski definition) is 4. The molecule has 0 saturated heterocycles. The molecule has 5 nitrogen and oxygen atoms in total. The highest BCUT2D eigenvalue weighted by atomic mass is 16.5. The zero-order valence-electron chi connectivity index (χ0n) is 15.7. The fourth-order valence-electron chi connectivity index (χ4n) is 3.84. The van der Waals surface area contributed by atoms with Gasteiger partial charge in [-0.3, -0.25) is 4.79 Å². The summed E-state index contributed by atoms with van der Waals surface area (Å²) in [5, 5.41) is 0. The summed E-state index contributed by atoms with van der Waals surface area (Å²) in [6, 6.07) is 6.21. The number of carbonyl (C=O) groups excluding carboxylic acids is 1. The third-order valence-corrected chi connectivity index (χ3v) is 5.27. The van der Waals surface area contributed by atoms with E-state index >= 15 is 0 Å². The molecule has 0 N–H and O–H groups in total. The number of hydrogen-bond donors (Lipinski definition) is 0. The first-order valence-corrected chi connectivity index (χ1v) is 9.40. The fourth-order valence-corrected chi connectivity index (χ4v) is 3.84. The second-order valence-corrected chi connectivity index (χ2v) is 7.67. The molecule has 1 aromatic carbocycles. The molecule has 2 heterocycles. The van der Waals surface area contributed by atoms with E-state index in [9.17, 15) is 4.79 Å². The first kappa shape index (κ1) is 17.0. The minimum Gasteiger partial charge on any atom is -0.478 e. The van der Waals surface area contributed by atoms with Crippen molar-refractivity contribution in [2.45, 2.75) is 65.1 Å². The average Bonchev–Trinajstić information content (AvgIpc) is 3.25. The van der Waals surface area contributed by atoms with Crippen molar-refractivity contribution in [1.82, 2.24) is 14.9 Å². The van der Waals surface area contributed by atoms with Crippen LogP contribution in [0.4, 0.5) is 0 Å². The number of aryl methyl sites for hydroxylation is 3. The summed E-state index contributed by atoms with van der Waals surface area (Å²) in [5.41, 5.74) is 3.82. The molecule has 0 atom stereocenters. The predicted octanol–water partition coefficient (Wildman–Crippen LogP) is 3.23. The molecular weight excluding hydrogens is 326 g/mol. The zero-order valence-corrected chi connectivity index (χ0v) is 15.7. The van der Waals surface area contributed by atoms with Gasteiger partial charge in [-0.25, -0.2) is 9.97 Å². The molecule has 0 saturated carbocycles. The maximum atomic E-state index is 13.1. The summed E-state index contributed by atoms with van der Waals surface area (Å²) < 4.78 is 6.12. The summed E-state index contributed by atoms with van der Waals surface area (Å²) in [7, 11) is 0. The molecule has 1 aliphatic carbocycles. The molecule has 1 aromatic heterocycles. The van der Waals surface area contributed by atoms with Crippen molar-refractivity contribution in [2.24, 2.45) is 0 Å². The van der Waals surface area contributed by atoms with Gasteiger partial charge in [0.15, 0.2) is 5.60 Å². The van der Waals surface area contributed by atoms with E-state index in [1.54, 1.807) is 0 Å². The van der Waals surface area contributed by atoms with Crippen molar-refractivity contribution in [3.05, 3.63) is 52.6 Å². The Balaban J connectivity index is 1.48. The maximum absolute atomic E-state index is 13.1. The number of benzene rings is 1. The highest BCUT2D eigenvalue weighted by Crippen LogP contribution is 2.30. The Bertz CT molecular complexity index is 860. The van der Waals surface area contributed by atoms with E-state index in [1.165, 1.54) is 17.5 Å². The minimum absolute atomic E-state index is 0.0194. The molecule has 136 valence electrons. The van der Waals surface area contributed by atoms with Gasteiger partial charge in [0.05, 0.1) is 12.2 Å². The summed E-state index contributed by atoms with van der Waals surface area (Å²) in [6.45, 7) is 6.80. The van der Waals surface area contributed by atoms with Crippen LogP contribution < -0.4 is 4.74 Å². The lowest BCUT2D eigenvalue weighted by Crippen LogP contribution is -2.46. The van der Waals surface area contributed by atoms with Gasteiger partial charge >= 0.3 is 0 Å². The number of ether oxygens (including phenoxy) is 1. The summed E-state index contributed by atoms with van der Waals surface area (Å²) >= 11 is 0. The van der Waals surface area contributed by atoms with E-state index in [0.717, 1.165) is 42.1 Å². The Labute approximate surface area is 154 Å². The number of nitrogens with zero attached hydrogens (tertiary/aromatic N) is 3. The Morgan fingerprint density at radius 2 is 2.00 bits per heavy atom. The van der Waals surface area contributed by atoms with Crippen LogP contribution in [-0.2, 0) is 37.1 Å². The van der Waals surface area contributed by atoms with Gasteiger partial charge in [-0.1, -0.05) is 13.0 Å². The Kier molecular flexibility index (Phi) is 4.17. The van der Waals surface area contributed by atoms with Gasteiger partial charge in [0, 0.05) is 24.7 Å². The topological polar surface area (TPSA) is 55.3 Å². The summed E-state index contributed by atoms with van der Waals surface area (Å²) in [4.78, 5) is 23.8. The van der Waals surface area contributed by atoms with Gasteiger partial charge in [-0.15, -0.1) is 0 Å². The number of amides is 1. The highest BCUT2D eigenvalue weighted by molar-refractivity contribution is 5.85. The highest BCUT2D eigenvalue weighted by Gasteiger charge is 2.37. The summed E-state index contributed by atoms with van der Waals surface area (Å²) in [6.07, 6.45) is 6.09. The van der Waals surface area contributed by atoms with Crippen LogP contribution in [0.5, 0.6) is 5.75 Å². The molecule has 0 spiro atoms. The quantitative estimate of drug-likeness (QED) is 0.849.